The monoisotopic (exact) mass is 599 g/mol. The zero-order valence-corrected chi connectivity index (χ0v) is 25.0. The van der Waals surface area contributed by atoms with E-state index in [4.69, 9.17) is 21.1 Å². The van der Waals surface area contributed by atoms with Crippen molar-refractivity contribution in [3.05, 3.63) is 88.9 Å². The number of rotatable bonds is 10. The van der Waals surface area contributed by atoms with Gasteiger partial charge in [0.05, 0.1) is 11.9 Å². The minimum atomic E-state index is -3.92. The quantitative estimate of drug-likeness (QED) is 0.371. The number of nitrogens with one attached hydrogen (secondary N) is 1. The topological polar surface area (TPSA) is 105 Å². The van der Waals surface area contributed by atoms with Crippen LogP contribution in [0.4, 0.5) is 5.69 Å². The number of hydrogen-bond acceptors (Lipinski definition) is 6. The molecular formula is C30H34ClN3O6S. The largest absolute Gasteiger partial charge is 0.454 e. The lowest BCUT2D eigenvalue weighted by Gasteiger charge is -2.35. The molecular weight excluding hydrogens is 566 g/mol. The SMILES string of the molecule is CC(C)(C)NC(=O)[C@@H](Cc1ccccc1)N(Cc1ccccc1Cl)C(=O)CN(c1ccc2c(c1)OCO2)S(C)(=O)=O. The molecule has 218 valence electrons. The second-order valence-electron chi connectivity index (χ2n) is 10.9. The van der Waals surface area contributed by atoms with Crippen LogP contribution < -0.4 is 19.1 Å². The molecule has 0 fully saturated rings. The lowest BCUT2D eigenvalue weighted by atomic mass is 10.0. The van der Waals surface area contributed by atoms with Gasteiger partial charge >= 0.3 is 0 Å². The zero-order chi connectivity index (χ0) is 29.8. The maximum absolute atomic E-state index is 14.2. The molecule has 41 heavy (non-hydrogen) atoms. The van der Waals surface area contributed by atoms with E-state index in [0.29, 0.717) is 22.1 Å². The van der Waals surface area contributed by atoms with E-state index in [9.17, 15) is 18.0 Å². The molecule has 0 radical (unpaired) electrons. The second kappa shape index (κ2) is 12.4. The smallest absolute Gasteiger partial charge is 0.244 e. The van der Waals surface area contributed by atoms with Crippen LogP contribution in [0.1, 0.15) is 31.9 Å². The highest BCUT2D eigenvalue weighted by Crippen LogP contribution is 2.36. The predicted molar refractivity (Wildman–Crippen MR) is 159 cm³/mol. The Balaban J connectivity index is 1.75. The third kappa shape index (κ3) is 7.92. The molecule has 2 amide bonds. The number of carbonyl (C=O) groups is 2. The molecule has 0 unspecified atom stereocenters. The first-order valence-corrected chi connectivity index (χ1v) is 15.3. The molecule has 9 nitrogen and oxygen atoms in total. The lowest BCUT2D eigenvalue weighted by molar-refractivity contribution is -0.140. The van der Waals surface area contributed by atoms with E-state index >= 15 is 0 Å². The van der Waals surface area contributed by atoms with Gasteiger partial charge in [0.2, 0.25) is 28.6 Å². The fourth-order valence-electron chi connectivity index (χ4n) is 4.47. The Morgan fingerprint density at radius 1 is 0.976 bits per heavy atom. The molecule has 1 N–H and O–H groups in total. The first-order valence-electron chi connectivity index (χ1n) is 13.1. The second-order valence-corrected chi connectivity index (χ2v) is 13.2. The summed E-state index contributed by atoms with van der Waals surface area (Å²) in [7, 11) is -3.92. The molecule has 0 aliphatic carbocycles. The van der Waals surface area contributed by atoms with Crippen molar-refractivity contribution in [1.29, 1.82) is 0 Å². The van der Waals surface area contributed by atoms with Gasteiger partial charge in [-0.25, -0.2) is 8.42 Å². The summed E-state index contributed by atoms with van der Waals surface area (Å²) in [5, 5.41) is 3.42. The molecule has 0 spiro atoms. The maximum Gasteiger partial charge on any atom is 0.244 e. The van der Waals surface area contributed by atoms with Crippen LogP contribution >= 0.6 is 11.6 Å². The Bertz CT molecular complexity index is 1510. The molecule has 0 bridgehead atoms. The van der Waals surface area contributed by atoms with E-state index in [1.54, 1.807) is 36.4 Å². The Kier molecular flexibility index (Phi) is 9.14. The Hall–Kier alpha value is -3.76. The fourth-order valence-corrected chi connectivity index (χ4v) is 5.51. The summed E-state index contributed by atoms with van der Waals surface area (Å²) < 4.78 is 37.7. The van der Waals surface area contributed by atoms with Crippen molar-refractivity contribution in [3.8, 4) is 11.5 Å². The van der Waals surface area contributed by atoms with Crippen molar-refractivity contribution in [2.24, 2.45) is 0 Å². The van der Waals surface area contributed by atoms with Crippen molar-refractivity contribution >= 4 is 39.1 Å². The van der Waals surface area contributed by atoms with Gasteiger partial charge in [0.1, 0.15) is 12.6 Å². The number of benzene rings is 3. The standard InChI is InChI=1S/C30H34ClN3O6S/c1-30(2,3)32-29(36)25(16-21-10-6-5-7-11-21)33(18-22-12-8-9-13-24(22)31)28(35)19-34(41(4,37)38)23-14-15-26-27(17-23)40-20-39-26/h5-15,17,25H,16,18-20H2,1-4H3,(H,32,36)/t25-/m1/s1. The fraction of sp³-hybridized carbons (Fsp3) is 0.333. The number of nitrogens with zero attached hydrogens (tertiary/aromatic N) is 2. The molecule has 1 aliphatic heterocycles. The highest BCUT2D eigenvalue weighted by atomic mass is 35.5. The average Bonchev–Trinajstić information content (AvgIpc) is 3.37. The number of halogens is 1. The number of carbonyl (C=O) groups excluding carboxylic acids is 2. The molecule has 0 saturated carbocycles. The van der Waals surface area contributed by atoms with Gasteiger partial charge in [-0.05, 0) is 50.1 Å². The van der Waals surface area contributed by atoms with Crippen molar-refractivity contribution in [3.63, 3.8) is 0 Å². The Morgan fingerprint density at radius 3 is 2.29 bits per heavy atom. The summed E-state index contributed by atoms with van der Waals surface area (Å²) >= 11 is 6.48. The van der Waals surface area contributed by atoms with Gasteiger partial charge in [-0.15, -0.1) is 0 Å². The van der Waals surface area contributed by atoms with Crippen molar-refractivity contribution in [1.82, 2.24) is 10.2 Å². The number of sulfonamides is 1. The Labute approximate surface area is 246 Å². The number of ether oxygens (including phenoxy) is 2. The highest BCUT2D eigenvalue weighted by Gasteiger charge is 2.35. The van der Waals surface area contributed by atoms with E-state index in [2.05, 4.69) is 5.32 Å². The third-order valence-corrected chi connectivity index (χ3v) is 7.90. The first-order chi connectivity index (χ1) is 19.3. The van der Waals surface area contributed by atoms with Crippen LogP contribution in [-0.4, -0.2) is 56.3 Å². The molecule has 1 atom stereocenters. The lowest BCUT2D eigenvalue weighted by Crippen LogP contribution is -2.56. The van der Waals surface area contributed by atoms with E-state index in [-0.39, 0.29) is 31.4 Å². The van der Waals surface area contributed by atoms with Crippen molar-refractivity contribution in [2.75, 3.05) is 23.9 Å². The van der Waals surface area contributed by atoms with Crippen LogP contribution in [-0.2, 0) is 32.6 Å². The van der Waals surface area contributed by atoms with Crippen LogP contribution in [0.5, 0.6) is 11.5 Å². The highest BCUT2D eigenvalue weighted by molar-refractivity contribution is 7.92. The molecule has 0 aromatic heterocycles. The van der Waals surface area contributed by atoms with Crippen LogP contribution in [0.25, 0.3) is 0 Å². The Morgan fingerprint density at radius 2 is 1.63 bits per heavy atom. The summed E-state index contributed by atoms with van der Waals surface area (Å²) in [5.41, 5.74) is 1.13. The summed E-state index contributed by atoms with van der Waals surface area (Å²) in [4.78, 5) is 29.3. The zero-order valence-electron chi connectivity index (χ0n) is 23.5. The number of hydrogen-bond donors (Lipinski definition) is 1. The van der Waals surface area contributed by atoms with E-state index in [1.165, 1.54) is 11.0 Å². The number of amides is 2. The average molecular weight is 600 g/mol. The normalized spacial score (nSPS) is 13.4. The van der Waals surface area contributed by atoms with Gasteiger partial charge in [0.25, 0.3) is 0 Å². The summed E-state index contributed by atoms with van der Waals surface area (Å²) in [5.74, 6) is -0.0765. The van der Waals surface area contributed by atoms with Crippen LogP contribution in [0, 0.1) is 0 Å². The predicted octanol–water partition coefficient (Wildman–Crippen LogP) is 4.39. The molecule has 4 rings (SSSR count). The van der Waals surface area contributed by atoms with Gasteiger partial charge in [0.15, 0.2) is 11.5 Å². The van der Waals surface area contributed by atoms with E-state index in [0.717, 1.165) is 16.1 Å². The van der Waals surface area contributed by atoms with Crippen LogP contribution in [0.2, 0.25) is 5.02 Å². The molecule has 0 saturated heterocycles. The summed E-state index contributed by atoms with van der Waals surface area (Å²) in [6.07, 6.45) is 1.23. The molecule has 1 aliphatic rings. The van der Waals surface area contributed by atoms with Crippen molar-refractivity contribution in [2.45, 2.75) is 45.3 Å². The van der Waals surface area contributed by atoms with Gasteiger partial charge in [0, 0.05) is 29.6 Å². The summed E-state index contributed by atoms with van der Waals surface area (Å²) in [6, 6.07) is 20.1. The van der Waals surface area contributed by atoms with Crippen LogP contribution in [0.15, 0.2) is 72.8 Å². The maximum atomic E-state index is 14.2. The van der Waals surface area contributed by atoms with Gasteiger partial charge in [-0.2, -0.15) is 0 Å². The third-order valence-electron chi connectivity index (χ3n) is 6.39. The first kappa shape index (κ1) is 30.2. The minimum absolute atomic E-state index is 0.00763. The van der Waals surface area contributed by atoms with E-state index < -0.39 is 34.1 Å². The number of fused-ring (bicyclic) bond motifs is 1. The number of anilines is 1. The van der Waals surface area contributed by atoms with Gasteiger partial charge < -0.3 is 19.7 Å². The van der Waals surface area contributed by atoms with Crippen molar-refractivity contribution < 1.29 is 27.5 Å². The molecule has 3 aromatic carbocycles. The van der Waals surface area contributed by atoms with E-state index in [1.807, 2.05) is 51.1 Å². The van der Waals surface area contributed by atoms with Crippen LogP contribution in [0.3, 0.4) is 0 Å². The van der Waals surface area contributed by atoms with Gasteiger partial charge in [-0.1, -0.05) is 60.1 Å². The van der Waals surface area contributed by atoms with Gasteiger partial charge in [-0.3, -0.25) is 13.9 Å². The molecule has 11 heteroatoms. The minimum Gasteiger partial charge on any atom is -0.454 e. The summed E-state index contributed by atoms with van der Waals surface area (Å²) in [6.45, 7) is 5.04. The molecule has 3 aromatic rings. The molecule has 1 heterocycles.